The van der Waals surface area contributed by atoms with Crippen molar-refractivity contribution >= 4 is 17.5 Å². The van der Waals surface area contributed by atoms with Crippen LogP contribution in [0.1, 0.15) is 23.2 Å². The van der Waals surface area contributed by atoms with E-state index in [9.17, 15) is 13.6 Å². The first-order valence-electron chi connectivity index (χ1n) is 5.48. The van der Waals surface area contributed by atoms with Crippen LogP contribution in [0, 0.1) is 0 Å². The summed E-state index contributed by atoms with van der Waals surface area (Å²) in [7, 11) is 0. The number of benzene rings is 1. The average Bonchev–Trinajstić information content (AvgIpc) is 3.09. The minimum absolute atomic E-state index is 0.0278. The quantitative estimate of drug-likeness (QED) is 0.839. The summed E-state index contributed by atoms with van der Waals surface area (Å²) in [5.74, 6) is 0.155. The molecule has 1 aromatic carbocycles. The summed E-state index contributed by atoms with van der Waals surface area (Å²) in [4.78, 5) is 11.8. The molecule has 0 unspecified atom stereocenters. The van der Waals surface area contributed by atoms with Crippen molar-refractivity contribution in [3.05, 3.63) is 29.8 Å². The van der Waals surface area contributed by atoms with Crippen molar-refractivity contribution in [2.75, 3.05) is 5.88 Å². The van der Waals surface area contributed by atoms with E-state index in [2.05, 4.69) is 10.1 Å². The minimum atomic E-state index is -2.87. The molecule has 0 heterocycles. The Hall–Kier alpha value is -1.36. The Labute approximate surface area is 108 Å². The molecule has 18 heavy (non-hydrogen) atoms. The van der Waals surface area contributed by atoms with Crippen LogP contribution in [0.2, 0.25) is 0 Å². The van der Waals surface area contributed by atoms with Crippen molar-refractivity contribution < 1.29 is 18.3 Å². The highest BCUT2D eigenvalue weighted by atomic mass is 35.5. The zero-order valence-electron chi connectivity index (χ0n) is 9.46. The molecule has 1 saturated carbocycles. The molecule has 1 aromatic rings. The van der Waals surface area contributed by atoms with Gasteiger partial charge in [-0.15, -0.1) is 11.6 Å². The third-order valence-electron chi connectivity index (χ3n) is 2.83. The molecule has 2 rings (SSSR count). The van der Waals surface area contributed by atoms with Gasteiger partial charge in [0, 0.05) is 11.4 Å². The lowest BCUT2D eigenvalue weighted by Gasteiger charge is -2.14. The number of carbonyl (C=O) groups is 1. The van der Waals surface area contributed by atoms with Gasteiger partial charge in [0.25, 0.3) is 5.91 Å². The van der Waals surface area contributed by atoms with Crippen molar-refractivity contribution in [3.63, 3.8) is 0 Å². The molecule has 0 aliphatic heterocycles. The fraction of sp³-hybridized carbons (Fsp3) is 0.417. The van der Waals surface area contributed by atoms with E-state index in [0.29, 0.717) is 11.4 Å². The summed E-state index contributed by atoms with van der Waals surface area (Å²) in [6.07, 6.45) is 1.74. The SMILES string of the molecule is O=C(NC1(CCl)CC1)c1ccc(OC(F)F)cc1. The van der Waals surface area contributed by atoms with E-state index in [1.807, 2.05) is 0 Å². The van der Waals surface area contributed by atoms with E-state index < -0.39 is 6.61 Å². The Morgan fingerprint density at radius 1 is 1.39 bits per heavy atom. The van der Waals surface area contributed by atoms with E-state index in [0.717, 1.165) is 12.8 Å². The van der Waals surface area contributed by atoms with Crippen LogP contribution in [-0.2, 0) is 0 Å². The molecule has 0 saturated heterocycles. The van der Waals surface area contributed by atoms with Gasteiger partial charge in [0.2, 0.25) is 0 Å². The summed E-state index contributed by atoms with van der Waals surface area (Å²) < 4.78 is 28.1. The highest BCUT2D eigenvalue weighted by molar-refractivity contribution is 6.19. The van der Waals surface area contributed by atoms with Gasteiger partial charge in [-0.2, -0.15) is 8.78 Å². The summed E-state index contributed by atoms with van der Waals surface area (Å²) >= 11 is 5.75. The van der Waals surface area contributed by atoms with Crippen LogP contribution in [0.25, 0.3) is 0 Å². The second kappa shape index (κ2) is 5.10. The van der Waals surface area contributed by atoms with E-state index in [4.69, 9.17) is 11.6 Å². The lowest BCUT2D eigenvalue weighted by molar-refractivity contribution is -0.0498. The van der Waals surface area contributed by atoms with Crippen molar-refractivity contribution in [2.24, 2.45) is 0 Å². The molecule has 0 spiro atoms. The summed E-state index contributed by atoms with van der Waals surface area (Å²) in [5, 5.41) is 2.83. The van der Waals surface area contributed by atoms with Crippen molar-refractivity contribution in [1.82, 2.24) is 5.32 Å². The molecule has 98 valence electrons. The maximum absolute atomic E-state index is 11.9. The molecule has 0 aromatic heterocycles. The first kappa shape index (κ1) is 13.1. The Bertz CT molecular complexity index is 432. The van der Waals surface area contributed by atoms with Crippen LogP contribution < -0.4 is 10.1 Å². The molecular formula is C12H12ClF2NO2. The van der Waals surface area contributed by atoms with Crippen LogP contribution in [0.15, 0.2) is 24.3 Å². The predicted octanol–water partition coefficient (Wildman–Crippen LogP) is 2.79. The number of hydrogen-bond donors (Lipinski definition) is 1. The highest BCUT2D eigenvalue weighted by Gasteiger charge is 2.43. The standard InChI is InChI=1S/C12H12ClF2NO2/c13-7-12(5-6-12)16-10(17)8-1-3-9(4-2-8)18-11(14)15/h1-4,11H,5-7H2,(H,16,17). The number of carbonyl (C=O) groups excluding carboxylic acids is 1. The third kappa shape index (κ3) is 3.10. The molecule has 1 fully saturated rings. The zero-order chi connectivity index (χ0) is 13.2. The topological polar surface area (TPSA) is 38.3 Å². The maximum atomic E-state index is 11.9. The highest BCUT2D eigenvalue weighted by Crippen LogP contribution is 2.36. The van der Waals surface area contributed by atoms with Crippen molar-refractivity contribution in [3.8, 4) is 5.75 Å². The number of halogens is 3. The van der Waals surface area contributed by atoms with Crippen LogP contribution in [0.4, 0.5) is 8.78 Å². The summed E-state index contributed by atoms with van der Waals surface area (Å²) in [6.45, 7) is -2.87. The minimum Gasteiger partial charge on any atom is -0.435 e. The van der Waals surface area contributed by atoms with E-state index in [1.54, 1.807) is 0 Å². The molecule has 1 aliphatic rings. The molecule has 3 nitrogen and oxygen atoms in total. The molecule has 0 atom stereocenters. The van der Waals surface area contributed by atoms with Crippen LogP contribution in [0.5, 0.6) is 5.75 Å². The third-order valence-corrected chi connectivity index (χ3v) is 3.34. The maximum Gasteiger partial charge on any atom is 0.387 e. The van der Waals surface area contributed by atoms with Gasteiger partial charge in [-0.1, -0.05) is 0 Å². The molecule has 1 aliphatic carbocycles. The average molecular weight is 276 g/mol. The van der Waals surface area contributed by atoms with E-state index in [1.165, 1.54) is 24.3 Å². The lowest BCUT2D eigenvalue weighted by Crippen LogP contribution is -2.38. The first-order chi connectivity index (χ1) is 8.54. The zero-order valence-corrected chi connectivity index (χ0v) is 10.2. The van der Waals surface area contributed by atoms with Crippen molar-refractivity contribution in [1.29, 1.82) is 0 Å². The Morgan fingerprint density at radius 3 is 2.44 bits per heavy atom. The fourth-order valence-electron chi connectivity index (χ4n) is 1.54. The van der Waals surface area contributed by atoms with Gasteiger partial charge < -0.3 is 10.1 Å². The van der Waals surface area contributed by atoms with Crippen LogP contribution in [0.3, 0.4) is 0 Å². The van der Waals surface area contributed by atoms with Gasteiger partial charge in [-0.25, -0.2) is 0 Å². The van der Waals surface area contributed by atoms with Gasteiger partial charge in [0.15, 0.2) is 0 Å². The lowest BCUT2D eigenvalue weighted by atomic mass is 10.2. The Morgan fingerprint density at radius 2 is 2.00 bits per heavy atom. The van der Waals surface area contributed by atoms with Crippen LogP contribution >= 0.6 is 11.6 Å². The number of ether oxygens (including phenoxy) is 1. The summed E-state index contributed by atoms with van der Waals surface area (Å²) in [6, 6.07) is 5.55. The molecule has 0 radical (unpaired) electrons. The molecular weight excluding hydrogens is 264 g/mol. The molecule has 0 bridgehead atoms. The van der Waals surface area contributed by atoms with Gasteiger partial charge in [-0.05, 0) is 37.1 Å². The molecule has 6 heteroatoms. The predicted molar refractivity (Wildman–Crippen MR) is 63.2 cm³/mol. The normalized spacial score (nSPS) is 16.4. The summed E-state index contributed by atoms with van der Waals surface area (Å²) in [5.41, 5.74) is 0.115. The largest absolute Gasteiger partial charge is 0.435 e. The second-order valence-electron chi connectivity index (χ2n) is 4.27. The first-order valence-corrected chi connectivity index (χ1v) is 6.01. The smallest absolute Gasteiger partial charge is 0.387 e. The Balaban J connectivity index is 1.98. The number of hydrogen-bond acceptors (Lipinski definition) is 2. The Kier molecular flexibility index (Phi) is 3.71. The fourth-order valence-corrected chi connectivity index (χ4v) is 1.88. The number of amides is 1. The van der Waals surface area contributed by atoms with Gasteiger partial charge in [0.05, 0.1) is 5.54 Å². The molecule has 1 N–H and O–H groups in total. The second-order valence-corrected chi connectivity index (χ2v) is 4.54. The monoisotopic (exact) mass is 275 g/mol. The number of alkyl halides is 3. The van der Waals surface area contributed by atoms with E-state index in [-0.39, 0.29) is 17.2 Å². The van der Waals surface area contributed by atoms with E-state index >= 15 is 0 Å². The molecule has 1 amide bonds. The number of nitrogens with one attached hydrogen (secondary N) is 1. The van der Waals surface area contributed by atoms with Gasteiger partial charge in [-0.3, -0.25) is 4.79 Å². The van der Waals surface area contributed by atoms with Crippen LogP contribution in [-0.4, -0.2) is 23.9 Å². The van der Waals surface area contributed by atoms with Gasteiger partial charge in [0.1, 0.15) is 5.75 Å². The van der Waals surface area contributed by atoms with Gasteiger partial charge >= 0.3 is 6.61 Å². The number of rotatable bonds is 5. The van der Waals surface area contributed by atoms with Crippen molar-refractivity contribution in [2.45, 2.75) is 25.0 Å².